The predicted molar refractivity (Wildman–Crippen MR) is 73.6 cm³/mol. The molecule has 0 saturated heterocycles. The maximum absolute atomic E-state index is 8.80. The molecule has 1 atom stereocenters. The van der Waals surface area contributed by atoms with Crippen LogP contribution in [0.4, 0.5) is 11.4 Å². The fourth-order valence-electron chi connectivity index (χ4n) is 1.96. The van der Waals surface area contributed by atoms with Gasteiger partial charge in [0.2, 0.25) is 0 Å². The molecule has 0 aliphatic carbocycles. The van der Waals surface area contributed by atoms with Gasteiger partial charge in [0.15, 0.2) is 0 Å². The molecule has 6 nitrogen and oxygen atoms in total. The second kappa shape index (κ2) is 5.60. The minimum atomic E-state index is -1.84. The third-order valence-electron chi connectivity index (χ3n) is 2.95. The monoisotopic (exact) mass is 264 g/mol. The summed E-state index contributed by atoms with van der Waals surface area (Å²) < 4.78 is 4.82. The Hall–Kier alpha value is -1.57. The number of hydrogen-bond donors (Lipinski definition) is 2. The highest BCUT2D eigenvalue weighted by Crippen LogP contribution is 2.37. The fourth-order valence-corrected chi connectivity index (χ4v) is 1.96. The first-order valence-electron chi connectivity index (χ1n) is 6.17. The number of hydrogen-bond acceptors (Lipinski definition) is 6. The summed E-state index contributed by atoms with van der Waals surface area (Å²) in [6.45, 7) is 6.42. The first-order chi connectivity index (χ1) is 9.02. The summed E-state index contributed by atoms with van der Waals surface area (Å²) in [5.74, 6) is 0.344. The smallest absolute Gasteiger partial charge is 0.512 e. The predicted octanol–water partition coefficient (Wildman–Crippen LogP) is 1.29. The lowest BCUT2D eigenvalue weighted by molar-refractivity contribution is 0.112. The molecular weight excluding hydrogens is 247 g/mol. The first-order valence-corrected chi connectivity index (χ1v) is 6.17. The molecule has 2 rings (SSSR count). The topological polar surface area (TPSA) is 74.5 Å². The van der Waals surface area contributed by atoms with Gasteiger partial charge in [-0.3, -0.25) is 9.83 Å². The molecule has 0 amide bonds. The van der Waals surface area contributed by atoms with E-state index in [1.165, 1.54) is 0 Å². The van der Waals surface area contributed by atoms with Crippen molar-refractivity contribution in [2.24, 2.45) is 4.99 Å². The average Bonchev–Trinajstić information content (AvgIpc) is 2.34. The van der Waals surface area contributed by atoms with Crippen LogP contribution in [0.1, 0.15) is 20.8 Å². The van der Waals surface area contributed by atoms with Crippen LogP contribution in [-0.4, -0.2) is 35.7 Å². The fraction of sp³-hybridized carbons (Fsp3) is 0.417. The second-order valence-electron chi connectivity index (χ2n) is 4.27. The van der Waals surface area contributed by atoms with Crippen LogP contribution < -0.4 is 9.72 Å². The van der Waals surface area contributed by atoms with Crippen molar-refractivity contribution in [2.75, 3.05) is 11.7 Å². The SMILES string of the molecule is CCON1c2ccc(OB(O)O)cc2N=C(C)C1C. The van der Waals surface area contributed by atoms with Crippen LogP contribution in [0.5, 0.6) is 5.75 Å². The third kappa shape index (κ3) is 2.89. The zero-order valence-corrected chi connectivity index (χ0v) is 11.2. The van der Waals surface area contributed by atoms with E-state index in [1.807, 2.05) is 20.8 Å². The van der Waals surface area contributed by atoms with Crippen LogP contribution in [0.3, 0.4) is 0 Å². The van der Waals surface area contributed by atoms with Crippen LogP contribution in [0.25, 0.3) is 0 Å². The van der Waals surface area contributed by atoms with Gasteiger partial charge in [-0.2, -0.15) is 0 Å². The van der Waals surface area contributed by atoms with Crippen LogP contribution in [-0.2, 0) is 4.84 Å². The van der Waals surface area contributed by atoms with Crippen molar-refractivity contribution in [3.8, 4) is 5.75 Å². The Morgan fingerprint density at radius 1 is 1.42 bits per heavy atom. The van der Waals surface area contributed by atoms with Crippen LogP contribution in [0.15, 0.2) is 23.2 Å². The van der Waals surface area contributed by atoms with Gasteiger partial charge in [0.1, 0.15) is 5.75 Å². The molecule has 1 aliphatic rings. The number of hydroxylamine groups is 1. The molecule has 1 unspecified atom stereocenters. The van der Waals surface area contributed by atoms with E-state index in [1.54, 1.807) is 23.3 Å². The zero-order chi connectivity index (χ0) is 14.0. The van der Waals surface area contributed by atoms with E-state index in [0.29, 0.717) is 18.0 Å². The zero-order valence-electron chi connectivity index (χ0n) is 11.2. The number of anilines is 1. The molecular formula is C12H17BN2O4. The molecule has 0 bridgehead atoms. The van der Waals surface area contributed by atoms with Crippen LogP contribution in [0.2, 0.25) is 0 Å². The number of benzene rings is 1. The first kappa shape index (κ1) is 13.9. The van der Waals surface area contributed by atoms with Crippen molar-refractivity contribution < 1.29 is 19.5 Å². The van der Waals surface area contributed by atoms with Crippen molar-refractivity contribution in [3.05, 3.63) is 18.2 Å². The second-order valence-corrected chi connectivity index (χ2v) is 4.27. The highest BCUT2D eigenvalue weighted by atomic mass is 16.7. The number of nitrogens with zero attached hydrogens (tertiary/aromatic N) is 2. The molecule has 102 valence electrons. The molecule has 0 aromatic heterocycles. The van der Waals surface area contributed by atoms with E-state index < -0.39 is 7.32 Å². The van der Waals surface area contributed by atoms with Gasteiger partial charge in [0, 0.05) is 11.8 Å². The van der Waals surface area contributed by atoms with Gasteiger partial charge < -0.3 is 14.7 Å². The van der Waals surface area contributed by atoms with Crippen LogP contribution in [0, 0.1) is 0 Å². The summed E-state index contributed by atoms with van der Waals surface area (Å²) in [4.78, 5) is 10.1. The summed E-state index contributed by atoms with van der Waals surface area (Å²) in [6.07, 6.45) is 0. The summed E-state index contributed by atoms with van der Waals surface area (Å²) in [5.41, 5.74) is 2.43. The standard InChI is InChI=1S/C12H17BN2O4/c1-4-18-15-9(3)8(2)14-11-7-10(19-13(16)17)5-6-12(11)15/h5-7,9,16-17H,4H2,1-3H3. The van der Waals surface area contributed by atoms with Gasteiger partial charge >= 0.3 is 7.32 Å². The quantitative estimate of drug-likeness (QED) is 0.801. The normalized spacial score (nSPS) is 17.8. The summed E-state index contributed by atoms with van der Waals surface area (Å²) in [6, 6.07) is 5.14. The molecule has 1 aromatic rings. The molecule has 0 radical (unpaired) electrons. The van der Waals surface area contributed by atoms with Gasteiger partial charge in [0.25, 0.3) is 0 Å². The Morgan fingerprint density at radius 3 is 2.79 bits per heavy atom. The summed E-state index contributed by atoms with van der Waals surface area (Å²) in [5, 5.41) is 19.4. The van der Waals surface area contributed by atoms with Gasteiger partial charge in [0.05, 0.1) is 24.0 Å². The minimum Gasteiger partial charge on any atom is -0.512 e. The van der Waals surface area contributed by atoms with E-state index in [4.69, 9.17) is 19.5 Å². The summed E-state index contributed by atoms with van der Waals surface area (Å²) >= 11 is 0. The molecule has 2 N–H and O–H groups in total. The summed E-state index contributed by atoms with van der Waals surface area (Å²) in [7, 11) is -1.84. The lowest BCUT2D eigenvalue weighted by atomic mass is 10.1. The molecule has 0 spiro atoms. The van der Waals surface area contributed by atoms with Gasteiger partial charge in [-0.25, -0.2) is 5.06 Å². The van der Waals surface area contributed by atoms with E-state index in [9.17, 15) is 0 Å². The maximum Gasteiger partial charge on any atom is 0.707 e. The van der Waals surface area contributed by atoms with E-state index >= 15 is 0 Å². The lowest BCUT2D eigenvalue weighted by Crippen LogP contribution is -2.40. The Kier molecular flexibility index (Phi) is 4.09. The molecule has 19 heavy (non-hydrogen) atoms. The van der Waals surface area contributed by atoms with Crippen molar-refractivity contribution in [1.82, 2.24) is 0 Å². The number of aliphatic imine (C=N–C) groups is 1. The van der Waals surface area contributed by atoms with Crippen molar-refractivity contribution in [2.45, 2.75) is 26.8 Å². The Balaban J connectivity index is 2.37. The number of rotatable bonds is 4. The third-order valence-corrected chi connectivity index (χ3v) is 2.95. The lowest BCUT2D eigenvalue weighted by Gasteiger charge is -2.34. The maximum atomic E-state index is 8.80. The van der Waals surface area contributed by atoms with E-state index in [-0.39, 0.29) is 6.04 Å². The highest BCUT2D eigenvalue weighted by molar-refractivity contribution is 6.33. The van der Waals surface area contributed by atoms with Gasteiger partial charge in [-0.1, -0.05) is 0 Å². The van der Waals surface area contributed by atoms with Crippen molar-refractivity contribution in [3.63, 3.8) is 0 Å². The van der Waals surface area contributed by atoms with Crippen molar-refractivity contribution >= 4 is 24.4 Å². The minimum absolute atomic E-state index is 0.0580. The van der Waals surface area contributed by atoms with Crippen LogP contribution >= 0.6 is 0 Å². The van der Waals surface area contributed by atoms with Gasteiger partial charge in [-0.05, 0) is 32.9 Å². The van der Waals surface area contributed by atoms with Crippen molar-refractivity contribution in [1.29, 1.82) is 0 Å². The molecule has 1 aromatic carbocycles. The molecule has 0 fully saturated rings. The highest BCUT2D eigenvalue weighted by Gasteiger charge is 2.26. The average molecular weight is 264 g/mol. The van der Waals surface area contributed by atoms with Gasteiger partial charge in [-0.15, -0.1) is 0 Å². The largest absolute Gasteiger partial charge is 0.707 e. The Labute approximate surface area is 112 Å². The van der Waals surface area contributed by atoms with E-state index in [2.05, 4.69) is 4.99 Å². The van der Waals surface area contributed by atoms with E-state index in [0.717, 1.165) is 11.4 Å². The Morgan fingerprint density at radius 2 is 2.16 bits per heavy atom. The number of fused-ring (bicyclic) bond motifs is 1. The molecule has 1 aliphatic heterocycles. The molecule has 0 saturated carbocycles. The molecule has 7 heteroatoms. The Bertz CT molecular complexity index is 493. The molecule has 1 heterocycles.